The van der Waals surface area contributed by atoms with E-state index in [4.69, 9.17) is 14.2 Å². The molecule has 2 amide bonds. The molecule has 2 aromatic carbocycles. The quantitative estimate of drug-likeness (QED) is 0.491. The zero-order chi connectivity index (χ0) is 24.8. The molecule has 3 aromatic rings. The Hall–Kier alpha value is -4.01. The third kappa shape index (κ3) is 5.74. The molecule has 0 atom stereocenters. The second-order valence-corrected chi connectivity index (χ2v) is 8.52. The third-order valence-corrected chi connectivity index (χ3v) is 6.12. The van der Waals surface area contributed by atoms with Crippen LogP contribution in [0.5, 0.6) is 17.2 Å². The summed E-state index contributed by atoms with van der Waals surface area (Å²) in [6.45, 7) is 4.34. The van der Waals surface area contributed by atoms with E-state index in [1.54, 1.807) is 12.1 Å². The van der Waals surface area contributed by atoms with Gasteiger partial charge in [-0.1, -0.05) is 19.1 Å². The number of benzene rings is 2. The predicted octanol–water partition coefficient (Wildman–Crippen LogP) is 5.05. The maximum atomic E-state index is 12.5. The molecule has 0 saturated carbocycles. The molecule has 0 unspecified atom stereocenters. The molecule has 35 heavy (non-hydrogen) atoms. The van der Waals surface area contributed by atoms with Crippen molar-refractivity contribution in [3.8, 4) is 28.5 Å². The molecule has 9 heteroatoms. The minimum Gasteiger partial charge on any atom is -0.493 e. The summed E-state index contributed by atoms with van der Waals surface area (Å²) in [6, 6.07) is 14.4. The number of ether oxygens (including phenoxy) is 3. The van der Waals surface area contributed by atoms with Gasteiger partial charge in [0.25, 0.3) is 0 Å². The number of aromatic nitrogens is 2. The highest BCUT2D eigenvalue weighted by Crippen LogP contribution is 2.40. The zero-order valence-corrected chi connectivity index (χ0v) is 20.5. The molecule has 184 valence electrons. The van der Waals surface area contributed by atoms with Gasteiger partial charge in [-0.2, -0.15) is 0 Å². The second kappa shape index (κ2) is 10.9. The number of anilines is 3. The average Bonchev–Trinajstić information content (AvgIpc) is 2.89. The Morgan fingerprint density at radius 1 is 0.857 bits per heavy atom. The summed E-state index contributed by atoms with van der Waals surface area (Å²) >= 11 is 0. The van der Waals surface area contributed by atoms with Crippen molar-refractivity contribution >= 4 is 23.2 Å². The fourth-order valence-corrected chi connectivity index (χ4v) is 4.06. The lowest BCUT2D eigenvalue weighted by molar-refractivity contribution is 0.262. The van der Waals surface area contributed by atoms with Gasteiger partial charge in [-0.3, -0.25) is 0 Å². The van der Waals surface area contributed by atoms with Crippen molar-refractivity contribution < 1.29 is 19.0 Å². The first kappa shape index (κ1) is 24.1. The zero-order valence-electron chi connectivity index (χ0n) is 20.5. The number of methoxy groups -OCH3 is 3. The van der Waals surface area contributed by atoms with Gasteiger partial charge in [0.2, 0.25) is 5.75 Å². The van der Waals surface area contributed by atoms with Crippen LogP contribution in [0.1, 0.15) is 19.8 Å². The number of carbonyl (C=O) groups excluding carboxylic acids is 1. The fourth-order valence-electron chi connectivity index (χ4n) is 4.06. The lowest BCUT2D eigenvalue weighted by Gasteiger charge is -2.30. The van der Waals surface area contributed by atoms with Crippen LogP contribution in [0, 0.1) is 5.92 Å². The van der Waals surface area contributed by atoms with Crippen LogP contribution in [0.3, 0.4) is 0 Å². The molecule has 1 saturated heterocycles. The number of amides is 2. The Morgan fingerprint density at radius 3 is 2.03 bits per heavy atom. The van der Waals surface area contributed by atoms with E-state index in [2.05, 4.69) is 32.7 Å². The first-order chi connectivity index (χ1) is 17.0. The van der Waals surface area contributed by atoms with Crippen LogP contribution < -0.4 is 29.7 Å². The monoisotopic (exact) mass is 477 g/mol. The summed E-state index contributed by atoms with van der Waals surface area (Å²) in [5.74, 6) is 3.05. The minimum absolute atomic E-state index is 0.396. The normalized spacial score (nSPS) is 13.8. The molecular formula is C26H31N5O4. The van der Waals surface area contributed by atoms with Gasteiger partial charge in [-0.05, 0) is 43.0 Å². The Labute approximate surface area is 205 Å². The molecule has 0 aliphatic carbocycles. The van der Waals surface area contributed by atoms with Crippen molar-refractivity contribution in [2.24, 2.45) is 5.92 Å². The van der Waals surface area contributed by atoms with Gasteiger partial charge >= 0.3 is 6.03 Å². The van der Waals surface area contributed by atoms with E-state index in [0.717, 1.165) is 36.1 Å². The van der Waals surface area contributed by atoms with E-state index >= 15 is 0 Å². The number of nitrogens with zero attached hydrogens (tertiary/aromatic N) is 3. The molecule has 0 spiro atoms. The molecule has 1 fully saturated rings. The number of hydrogen-bond donors (Lipinski definition) is 2. The molecule has 1 aliphatic heterocycles. The SMILES string of the molecule is COc1cc(NC(=O)Nc2ccc(-c3ccc(N4CCC(C)CC4)nn3)cc2)cc(OC)c1OC. The largest absolute Gasteiger partial charge is 0.493 e. The van der Waals surface area contributed by atoms with Crippen molar-refractivity contribution in [2.75, 3.05) is 50.0 Å². The summed E-state index contributed by atoms with van der Waals surface area (Å²) in [6.07, 6.45) is 2.37. The van der Waals surface area contributed by atoms with Gasteiger partial charge in [0.15, 0.2) is 17.3 Å². The summed E-state index contributed by atoms with van der Waals surface area (Å²) < 4.78 is 16.0. The lowest BCUT2D eigenvalue weighted by atomic mass is 9.99. The maximum absolute atomic E-state index is 12.5. The second-order valence-electron chi connectivity index (χ2n) is 8.52. The Kier molecular flexibility index (Phi) is 7.54. The first-order valence-corrected chi connectivity index (χ1v) is 11.6. The summed E-state index contributed by atoms with van der Waals surface area (Å²) in [7, 11) is 4.57. The van der Waals surface area contributed by atoms with E-state index in [1.807, 2.05) is 36.4 Å². The highest BCUT2D eigenvalue weighted by molar-refractivity contribution is 6.00. The van der Waals surface area contributed by atoms with Crippen molar-refractivity contribution in [1.29, 1.82) is 0 Å². The van der Waals surface area contributed by atoms with Crippen LogP contribution in [0.25, 0.3) is 11.3 Å². The fraction of sp³-hybridized carbons (Fsp3) is 0.346. The van der Waals surface area contributed by atoms with E-state index in [9.17, 15) is 4.79 Å². The van der Waals surface area contributed by atoms with Crippen LogP contribution in [0.2, 0.25) is 0 Å². The topological polar surface area (TPSA) is 97.8 Å². The van der Waals surface area contributed by atoms with E-state index < -0.39 is 6.03 Å². The van der Waals surface area contributed by atoms with Crippen molar-refractivity contribution in [1.82, 2.24) is 10.2 Å². The Morgan fingerprint density at radius 2 is 1.49 bits per heavy atom. The maximum Gasteiger partial charge on any atom is 0.323 e. The number of carbonyl (C=O) groups is 1. The molecule has 1 aromatic heterocycles. The minimum atomic E-state index is -0.396. The predicted molar refractivity (Wildman–Crippen MR) is 137 cm³/mol. The van der Waals surface area contributed by atoms with Crippen LogP contribution in [0.4, 0.5) is 22.0 Å². The number of piperidine rings is 1. The highest BCUT2D eigenvalue weighted by Gasteiger charge is 2.17. The van der Waals surface area contributed by atoms with Crippen LogP contribution >= 0.6 is 0 Å². The van der Waals surface area contributed by atoms with E-state index in [0.29, 0.717) is 28.6 Å². The van der Waals surface area contributed by atoms with Gasteiger partial charge in [-0.25, -0.2) is 4.79 Å². The molecule has 9 nitrogen and oxygen atoms in total. The van der Waals surface area contributed by atoms with Crippen LogP contribution in [0.15, 0.2) is 48.5 Å². The average molecular weight is 478 g/mol. The smallest absolute Gasteiger partial charge is 0.323 e. The Balaban J connectivity index is 1.38. The first-order valence-electron chi connectivity index (χ1n) is 11.6. The van der Waals surface area contributed by atoms with Gasteiger partial charge < -0.3 is 29.7 Å². The Bertz CT molecular complexity index is 1120. The van der Waals surface area contributed by atoms with Crippen LogP contribution in [-0.4, -0.2) is 50.6 Å². The third-order valence-electron chi connectivity index (χ3n) is 6.12. The summed E-state index contributed by atoms with van der Waals surface area (Å²) in [5, 5.41) is 14.4. The number of hydrogen-bond acceptors (Lipinski definition) is 7. The number of nitrogens with one attached hydrogen (secondary N) is 2. The van der Waals surface area contributed by atoms with Gasteiger partial charge in [0.05, 0.1) is 32.7 Å². The lowest BCUT2D eigenvalue weighted by Crippen LogP contribution is -2.33. The van der Waals surface area contributed by atoms with Gasteiger partial charge in [0, 0.05) is 36.5 Å². The number of rotatable bonds is 7. The molecule has 2 heterocycles. The van der Waals surface area contributed by atoms with Crippen LogP contribution in [-0.2, 0) is 0 Å². The van der Waals surface area contributed by atoms with Gasteiger partial charge in [-0.15, -0.1) is 10.2 Å². The standard InChI is InChI=1S/C26H31N5O4/c1-17-11-13-31(14-12-17)24-10-9-21(29-30-24)18-5-7-19(8-6-18)27-26(32)28-20-15-22(33-2)25(35-4)23(16-20)34-3/h5-10,15-17H,11-14H2,1-4H3,(H2,27,28,32). The van der Waals surface area contributed by atoms with Crippen molar-refractivity contribution in [2.45, 2.75) is 19.8 Å². The molecule has 4 rings (SSSR count). The number of urea groups is 1. The molecule has 1 aliphatic rings. The summed E-state index contributed by atoms with van der Waals surface area (Å²) in [5.41, 5.74) is 2.86. The molecular weight excluding hydrogens is 446 g/mol. The molecule has 2 N–H and O–H groups in total. The van der Waals surface area contributed by atoms with E-state index in [-0.39, 0.29) is 0 Å². The van der Waals surface area contributed by atoms with Crippen molar-refractivity contribution in [3.05, 3.63) is 48.5 Å². The van der Waals surface area contributed by atoms with E-state index in [1.165, 1.54) is 34.2 Å². The summed E-state index contributed by atoms with van der Waals surface area (Å²) in [4.78, 5) is 14.8. The molecule has 0 radical (unpaired) electrons. The van der Waals surface area contributed by atoms with Gasteiger partial charge in [0.1, 0.15) is 0 Å². The van der Waals surface area contributed by atoms with Crippen molar-refractivity contribution in [3.63, 3.8) is 0 Å². The molecule has 0 bridgehead atoms. The highest BCUT2D eigenvalue weighted by atomic mass is 16.5.